The minimum Gasteiger partial charge on any atom is -0.793 e. The highest BCUT2D eigenvalue weighted by atomic mass is 32.9. The number of hydrogen-bond acceptors (Lipinski definition) is 4. The molecule has 3 aromatic rings. The monoisotopic (exact) mass is 448 g/mol. The summed E-state index contributed by atoms with van der Waals surface area (Å²) >= 11 is 6.24. The molecule has 0 saturated carbocycles. The van der Waals surface area contributed by atoms with Crippen LogP contribution >= 0.6 is 17.1 Å². The van der Waals surface area contributed by atoms with Crippen LogP contribution in [0, 0.1) is 0 Å². The molecule has 29 heavy (non-hydrogen) atoms. The molecule has 1 heterocycles. The minimum atomic E-state index is -3.02. The van der Waals surface area contributed by atoms with E-state index in [4.69, 9.17) is 16.3 Å². The van der Waals surface area contributed by atoms with Crippen molar-refractivity contribution in [2.24, 2.45) is 7.05 Å². The van der Waals surface area contributed by atoms with E-state index in [0.717, 1.165) is 17.7 Å². The summed E-state index contributed by atoms with van der Waals surface area (Å²) in [6.07, 6.45) is 8.82. The molecule has 0 radical (unpaired) electrons. The fourth-order valence-corrected chi connectivity index (χ4v) is 5.28. The lowest BCUT2D eigenvalue weighted by atomic mass is 10.2. The van der Waals surface area contributed by atoms with Gasteiger partial charge in [-0.05, 0) is 17.5 Å². The van der Waals surface area contributed by atoms with Crippen LogP contribution in [0.15, 0.2) is 79.4 Å². The summed E-state index contributed by atoms with van der Waals surface area (Å²) in [6, 6.07) is 19.5. The van der Waals surface area contributed by atoms with Crippen molar-refractivity contribution in [1.82, 2.24) is 4.57 Å². The van der Waals surface area contributed by atoms with Crippen LogP contribution in [-0.4, -0.2) is 4.57 Å². The number of unbranched alkanes of at least 4 members (excludes halogenated alkanes) is 1. The van der Waals surface area contributed by atoms with Crippen LogP contribution in [0.1, 0.15) is 30.9 Å². The van der Waals surface area contributed by atoms with Gasteiger partial charge in [-0.1, -0.05) is 85.8 Å². The maximum atomic E-state index is 12.1. The summed E-state index contributed by atoms with van der Waals surface area (Å²) in [4.78, 5) is 12.1. The average molecular weight is 449 g/mol. The van der Waals surface area contributed by atoms with E-state index in [-0.39, 0.29) is 0 Å². The van der Waals surface area contributed by atoms with Crippen LogP contribution in [0.4, 0.5) is 0 Å². The number of hydrogen-bond donors (Lipinski definition) is 0. The van der Waals surface area contributed by atoms with Gasteiger partial charge in [-0.15, -0.1) is 11.4 Å². The van der Waals surface area contributed by atoms with Gasteiger partial charge in [0.2, 0.25) is 6.33 Å². The number of aryl methyl sites for hydroxylation is 2. The number of nitrogens with zero attached hydrogens (tertiary/aromatic N) is 2. The first-order chi connectivity index (χ1) is 14.0. The molecule has 7 heteroatoms. The molecular weight excluding hydrogens is 419 g/mol. The van der Waals surface area contributed by atoms with Crippen molar-refractivity contribution in [1.29, 1.82) is 0 Å². The summed E-state index contributed by atoms with van der Waals surface area (Å²) in [6.45, 7) is 3.66. The highest BCUT2D eigenvalue weighted by Crippen LogP contribution is 2.53. The molecule has 0 fully saturated rings. The molecule has 156 valence electrons. The molecule has 2 aromatic carbocycles. The number of aromatic nitrogens is 2. The Morgan fingerprint density at radius 1 is 1.07 bits per heavy atom. The molecule has 0 N–H and O–H groups in total. The number of benzene rings is 2. The summed E-state index contributed by atoms with van der Waals surface area (Å²) in [7, 11) is 2.04. The third-order valence-corrected chi connectivity index (χ3v) is 8.20. The van der Waals surface area contributed by atoms with E-state index >= 15 is 0 Å². The number of imidazole rings is 1. The Kier molecular flexibility index (Phi) is 10.7. The summed E-state index contributed by atoms with van der Waals surface area (Å²) in [5.74, 6) is 0.608. The van der Waals surface area contributed by atoms with E-state index in [9.17, 15) is 4.89 Å². The zero-order valence-electron chi connectivity index (χ0n) is 17.0. The van der Waals surface area contributed by atoms with Crippen molar-refractivity contribution in [3.63, 3.8) is 0 Å². The highest BCUT2D eigenvalue weighted by molar-refractivity contribution is 8.66. The van der Waals surface area contributed by atoms with Gasteiger partial charge in [0.1, 0.15) is 12.4 Å². The molecule has 0 amide bonds. The zero-order chi connectivity index (χ0) is 21.0. The SMILES string of the molecule is CCCCn1cc[n+](C)c1.[O-]P(=S)(OCc1ccccc1)SCc1ccccc1. The van der Waals surface area contributed by atoms with Gasteiger partial charge in [-0.3, -0.25) is 0 Å². The Morgan fingerprint density at radius 2 is 1.69 bits per heavy atom. The predicted octanol–water partition coefficient (Wildman–Crippen LogP) is 4.83. The fourth-order valence-electron chi connectivity index (χ4n) is 2.47. The molecule has 3 rings (SSSR count). The molecule has 0 aliphatic rings. The van der Waals surface area contributed by atoms with Crippen molar-refractivity contribution in [3.8, 4) is 0 Å². The Morgan fingerprint density at radius 3 is 2.24 bits per heavy atom. The lowest BCUT2D eigenvalue weighted by Gasteiger charge is -2.26. The Balaban J connectivity index is 0.000000253. The quantitative estimate of drug-likeness (QED) is 0.347. The molecule has 0 aliphatic carbocycles. The largest absolute Gasteiger partial charge is 0.793 e. The highest BCUT2D eigenvalue weighted by Gasteiger charge is 2.05. The van der Waals surface area contributed by atoms with E-state index in [1.165, 1.54) is 24.2 Å². The molecule has 1 unspecified atom stereocenters. The van der Waals surface area contributed by atoms with Crippen LogP contribution < -0.4 is 9.46 Å². The Labute approximate surface area is 183 Å². The molecule has 1 atom stereocenters. The van der Waals surface area contributed by atoms with Crippen molar-refractivity contribution in [3.05, 3.63) is 90.5 Å². The maximum absolute atomic E-state index is 12.1. The van der Waals surface area contributed by atoms with Crippen molar-refractivity contribution in [2.45, 2.75) is 38.7 Å². The van der Waals surface area contributed by atoms with E-state index < -0.39 is 5.69 Å². The first-order valence-electron chi connectivity index (χ1n) is 9.67. The van der Waals surface area contributed by atoms with Gasteiger partial charge < -0.3 is 9.42 Å². The van der Waals surface area contributed by atoms with Crippen molar-refractivity contribution < 1.29 is 14.0 Å². The van der Waals surface area contributed by atoms with E-state index in [1.54, 1.807) is 0 Å². The standard InChI is InChI=1S/C14H15O2PS2.C8H15N2/c15-17(18,16-11-13-7-3-1-4-8-13)19-12-14-9-5-2-6-10-14;1-3-4-5-10-7-6-9(2)8-10/h1-10H,11-12H2,(H,15,18);6-8H,3-5H2,1-2H3/q;+1/p-1. The van der Waals surface area contributed by atoms with Gasteiger partial charge >= 0.3 is 0 Å². The molecule has 0 spiro atoms. The van der Waals surface area contributed by atoms with Gasteiger partial charge in [0.15, 0.2) is 0 Å². The van der Waals surface area contributed by atoms with E-state index in [0.29, 0.717) is 12.4 Å². The third-order valence-electron chi connectivity index (χ3n) is 4.06. The topological polar surface area (TPSA) is 41.1 Å². The second kappa shape index (κ2) is 13.0. The Hall–Kier alpha value is -1.43. The summed E-state index contributed by atoms with van der Waals surface area (Å²) in [5, 5.41) is 0. The Bertz CT molecular complexity index is 825. The van der Waals surface area contributed by atoms with Gasteiger partial charge in [-0.2, -0.15) is 0 Å². The third kappa shape index (κ3) is 10.2. The zero-order valence-corrected chi connectivity index (χ0v) is 19.5. The first kappa shape index (κ1) is 23.8. The molecular formula is C22H29N2O2PS2. The molecule has 1 aromatic heterocycles. The second-order valence-electron chi connectivity index (χ2n) is 6.64. The number of rotatable bonds is 9. The van der Waals surface area contributed by atoms with Gasteiger partial charge in [0.25, 0.3) is 0 Å². The van der Waals surface area contributed by atoms with Crippen LogP contribution in [-0.2, 0) is 42.3 Å². The average Bonchev–Trinajstić information content (AvgIpc) is 3.17. The van der Waals surface area contributed by atoms with Crippen LogP contribution in [0.2, 0.25) is 0 Å². The van der Waals surface area contributed by atoms with Crippen LogP contribution in [0.5, 0.6) is 0 Å². The van der Waals surface area contributed by atoms with Crippen molar-refractivity contribution >= 4 is 28.9 Å². The molecule has 0 aliphatic heterocycles. The lowest BCUT2D eigenvalue weighted by molar-refractivity contribution is -0.671. The van der Waals surface area contributed by atoms with Gasteiger partial charge in [0, 0.05) is 11.4 Å². The lowest BCUT2D eigenvalue weighted by Crippen LogP contribution is -2.23. The molecule has 0 bridgehead atoms. The summed E-state index contributed by atoms with van der Waals surface area (Å²) < 4.78 is 9.65. The van der Waals surface area contributed by atoms with E-state index in [1.807, 2.05) is 67.7 Å². The van der Waals surface area contributed by atoms with Crippen LogP contribution in [0.3, 0.4) is 0 Å². The first-order valence-corrected chi connectivity index (χ1v) is 13.9. The van der Waals surface area contributed by atoms with Gasteiger partial charge in [0.05, 0.1) is 20.2 Å². The minimum absolute atomic E-state index is 0.295. The summed E-state index contributed by atoms with van der Waals surface area (Å²) in [5.41, 5.74) is -0.946. The van der Waals surface area contributed by atoms with Crippen molar-refractivity contribution in [2.75, 3.05) is 0 Å². The van der Waals surface area contributed by atoms with Gasteiger partial charge in [-0.25, -0.2) is 9.13 Å². The second-order valence-corrected chi connectivity index (χ2v) is 12.7. The van der Waals surface area contributed by atoms with Crippen LogP contribution in [0.25, 0.3) is 0 Å². The smallest absolute Gasteiger partial charge is 0.243 e. The normalized spacial score (nSPS) is 12.7. The maximum Gasteiger partial charge on any atom is 0.243 e. The predicted molar refractivity (Wildman–Crippen MR) is 124 cm³/mol. The molecule has 4 nitrogen and oxygen atoms in total. The molecule has 0 saturated heterocycles. The van der Waals surface area contributed by atoms with E-state index in [2.05, 4.69) is 34.8 Å². The fraction of sp³-hybridized carbons (Fsp3) is 0.318.